The molecule has 14 heavy (non-hydrogen) atoms. The molecule has 1 unspecified atom stereocenters. The van der Waals surface area contributed by atoms with Crippen LogP contribution in [0, 0.1) is 5.41 Å². The maximum absolute atomic E-state index is 3.31. The highest BCUT2D eigenvalue weighted by Crippen LogP contribution is 2.22. The summed E-state index contributed by atoms with van der Waals surface area (Å²) in [4.78, 5) is 2.67. The van der Waals surface area contributed by atoms with E-state index >= 15 is 0 Å². The summed E-state index contributed by atoms with van der Waals surface area (Å²) in [7, 11) is 2.06. The second kappa shape index (κ2) is 5.13. The van der Waals surface area contributed by atoms with Crippen molar-refractivity contribution < 1.29 is 0 Å². The Labute approximate surface area is 89.1 Å². The third-order valence-electron chi connectivity index (χ3n) is 2.87. The smallest absolute Gasteiger partial charge is 0.0220 e. The fourth-order valence-electron chi connectivity index (χ4n) is 2.34. The van der Waals surface area contributed by atoms with Gasteiger partial charge in [-0.15, -0.1) is 0 Å². The number of likely N-dealkylation sites (N-methyl/N-ethyl adjacent to an activating group) is 1. The van der Waals surface area contributed by atoms with Gasteiger partial charge in [-0.1, -0.05) is 27.2 Å². The maximum Gasteiger partial charge on any atom is 0.0220 e. The predicted octanol–water partition coefficient (Wildman–Crippen LogP) is 2.11. The van der Waals surface area contributed by atoms with Crippen LogP contribution in [0.1, 0.15) is 40.0 Å². The zero-order chi connectivity index (χ0) is 10.6. The highest BCUT2D eigenvalue weighted by atomic mass is 15.2. The Kier molecular flexibility index (Phi) is 4.39. The molecular formula is C12H26N2. The Morgan fingerprint density at radius 2 is 2.00 bits per heavy atom. The predicted molar refractivity (Wildman–Crippen MR) is 62.6 cm³/mol. The monoisotopic (exact) mass is 198 g/mol. The number of nitrogens with one attached hydrogen (secondary N) is 1. The summed E-state index contributed by atoms with van der Waals surface area (Å²) in [6, 6.07) is 0.771. The van der Waals surface area contributed by atoms with Gasteiger partial charge in [-0.3, -0.25) is 4.90 Å². The van der Waals surface area contributed by atoms with E-state index in [9.17, 15) is 0 Å². The lowest BCUT2D eigenvalue weighted by molar-refractivity contribution is 0.103. The summed E-state index contributed by atoms with van der Waals surface area (Å²) >= 11 is 0. The number of nitrogens with zero attached hydrogens (tertiary/aromatic N) is 1. The number of likely N-dealkylation sites (tertiary alicyclic amines) is 1. The van der Waals surface area contributed by atoms with Crippen molar-refractivity contribution in [3.05, 3.63) is 0 Å². The van der Waals surface area contributed by atoms with Crippen molar-refractivity contribution in [1.29, 1.82) is 0 Å². The van der Waals surface area contributed by atoms with Gasteiger partial charge in [0.25, 0.3) is 0 Å². The molecule has 1 rings (SSSR count). The molecule has 0 aromatic carbocycles. The standard InChI is InChI=1S/C12H26N2/c1-12(2,3)10-14-8-6-5-7-11(14)9-13-4/h11,13H,5-10H2,1-4H3. The van der Waals surface area contributed by atoms with Gasteiger partial charge in [0.05, 0.1) is 0 Å². The Balaban J connectivity index is 2.45. The maximum atomic E-state index is 3.31. The zero-order valence-corrected chi connectivity index (χ0v) is 10.3. The molecule has 0 aliphatic carbocycles. The molecule has 1 saturated heterocycles. The van der Waals surface area contributed by atoms with E-state index in [1.165, 1.54) is 32.4 Å². The summed E-state index contributed by atoms with van der Waals surface area (Å²) in [6.07, 6.45) is 4.17. The minimum absolute atomic E-state index is 0.434. The molecule has 84 valence electrons. The molecular weight excluding hydrogens is 172 g/mol. The molecule has 2 heteroatoms. The van der Waals surface area contributed by atoms with E-state index in [0.29, 0.717) is 5.41 Å². The minimum atomic E-state index is 0.434. The van der Waals surface area contributed by atoms with Crippen LogP contribution < -0.4 is 5.32 Å². The highest BCUT2D eigenvalue weighted by Gasteiger charge is 2.25. The van der Waals surface area contributed by atoms with Crippen LogP contribution in [0.25, 0.3) is 0 Å². The minimum Gasteiger partial charge on any atom is -0.318 e. The van der Waals surface area contributed by atoms with E-state index < -0.39 is 0 Å². The number of piperidine rings is 1. The van der Waals surface area contributed by atoms with Crippen LogP contribution in [-0.4, -0.2) is 37.6 Å². The SMILES string of the molecule is CNCC1CCCCN1CC(C)(C)C. The molecule has 0 aromatic rings. The third-order valence-corrected chi connectivity index (χ3v) is 2.87. The molecule has 1 atom stereocenters. The largest absolute Gasteiger partial charge is 0.318 e. The van der Waals surface area contributed by atoms with Gasteiger partial charge < -0.3 is 5.32 Å². The second-order valence-electron chi connectivity index (χ2n) is 5.74. The van der Waals surface area contributed by atoms with Crippen LogP contribution in [0.15, 0.2) is 0 Å². The van der Waals surface area contributed by atoms with Crippen molar-refractivity contribution >= 4 is 0 Å². The lowest BCUT2D eigenvalue weighted by Crippen LogP contribution is -2.47. The first kappa shape index (κ1) is 12.0. The van der Waals surface area contributed by atoms with Gasteiger partial charge in [-0.05, 0) is 31.8 Å². The Morgan fingerprint density at radius 1 is 1.29 bits per heavy atom. The molecule has 0 spiro atoms. The van der Waals surface area contributed by atoms with E-state index in [2.05, 4.69) is 38.0 Å². The third kappa shape index (κ3) is 3.97. The van der Waals surface area contributed by atoms with Crippen molar-refractivity contribution in [3.8, 4) is 0 Å². The summed E-state index contributed by atoms with van der Waals surface area (Å²) < 4.78 is 0. The van der Waals surface area contributed by atoms with Gasteiger partial charge in [0.2, 0.25) is 0 Å². The fourth-order valence-corrected chi connectivity index (χ4v) is 2.34. The zero-order valence-electron chi connectivity index (χ0n) is 10.3. The van der Waals surface area contributed by atoms with Crippen molar-refractivity contribution in [1.82, 2.24) is 10.2 Å². The first-order valence-electron chi connectivity index (χ1n) is 5.91. The van der Waals surface area contributed by atoms with Crippen molar-refractivity contribution in [2.45, 2.75) is 46.1 Å². The van der Waals surface area contributed by atoms with Crippen LogP contribution in [0.5, 0.6) is 0 Å². The van der Waals surface area contributed by atoms with Crippen LogP contribution in [0.2, 0.25) is 0 Å². The molecule has 0 bridgehead atoms. The van der Waals surface area contributed by atoms with Gasteiger partial charge in [-0.2, -0.15) is 0 Å². The molecule has 2 nitrogen and oxygen atoms in total. The van der Waals surface area contributed by atoms with Gasteiger partial charge in [0.15, 0.2) is 0 Å². The number of hydrogen-bond acceptors (Lipinski definition) is 2. The van der Waals surface area contributed by atoms with E-state index in [4.69, 9.17) is 0 Å². The quantitative estimate of drug-likeness (QED) is 0.747. The van der Waals surface area contributed by atoms with Gasteiger partial charge in [0, 0.05) is 19.1 Å². The molecule has 0 saturated carbocycles. The van der Waals surface area contributed by atoms with Crippen molar-refractivity contribution in [3.63, 3.8) is 0 Å². The first-order chi connectivity index (χ1) is 6.53. The van der Waals surface area contributed by atoms with E-state index in [1.54, 1.807) is 0 Å². The fraction of sp³-hybridized carbons (Fsp3) is 1.00. The summed E-state index contributed by atoms with van der Waals surface area (Å²) in [6.45, 7) is 10.7. The van der Waals surface area contributed by atoms with Crippen molar-refractivity contribution in [2.24, 2.45) is 5.41 Å². The first-order valence-corrected chi connectivity index (χ1v) is 5.91. The molecule has 1 aliphatic heterocycles. The topological polar surface area (TPSA) is 15.3 Å². The average Bonchev–Trinajstić information content (AvgIpc) is 2.06. The van der Waals surface area contributed by atoms with Gasteiger partial charge in [-0.25, -0.2) is 0 Å². The molecule has 1 heterocycles. The van der Waals surface area contributed by atoms with E-state index in [1.807, 2.05) is 0 Å². The molecule has 1 aliphatic rings. The van der Waals surface area contributed by atoms with Gasteiger partial charge in [0.1, 0.15) is 0 Å². The normalized spacial score (nSPS) is 25.3. The van der Waals surface area contributed by atoms with Gasteiger partial charge >= 0.3 is 0 Å². The molecule has 1 fully saturated rings. The molecule has 0 amide bonds. The van der Waals surface area contributed by atoms with E-state index in [0.717, 1.165) is 12.6 Å². The molecule has 0 aromatic heterocycles. The Bertz CT molecular complexity index is 158. The molecule has 0 radical (unpaired) electrons. The lowest BCUT2D eigenvalue weighted by Gasteiger charge is -2.39. The summed E-state index contributed by atoms with van der Waals surface area (Å²) in [5, 5.41) is 3.31. The average molecular weight is 198 g/mol. The Hall–Kier alpha value is -0.0800. The van der Waals surface area contributed by atoms with Crippen LogP contribution in [0.3, 0.4) is 0 Å². The van der Waals surface area contributed by atoms with Crippen LogP contribution >= 0.6 is 0 Å². The van der Waals surface area contributed by atoms with Crippen LogP contribution in [0.4, 0.5) is 0 Å². The van der Waals surface area contributed by atoms with E-state index in [-0.39, 0.29) is 0 Å². The Morgan fingerprint density at radius 3 is 2.57 bits per heavy atom. The molecule has 1 N–H and O–H groups in total. The number of rotatable bonds is 3. The van der Waals surface area contributed by atoms with Crippen molar-refractivity contribution in [2.75, 3.05) is 26.7 Å². The highest BCUT2D eigenvalue weighted by molar-refractivity contribution is 4.81. The van der Waals surface area contributed by atoms with Crippen LogP contribution in [-0.2, 0) is 0 Å². The summed E-state index contributed by atoms with van der Waals surface area (Å²) in [5.41, 5.74) is 0.434. The second-order valence-corrected chi connectivity index (χ2v) is 5.74. The summed E-state index contributed by atoms with van der Waals surface area (Å²) in [5.74, 6) is 0. The number of hydrogen-bond donors (Lipinski definition) is 1. The lowest BCUT2D eigenvalue weighted by atomic mass is 9.92.